The standard InChI is InChI=1S/C19H20N2O4/c1-20(19(22)14-7-10-16(25-2)11-8-14)18-5-3-4-13-6-9-15(21(23)24)12-17(13)18/h6-12,18H,3-5H2,1-2H3. The van der Waals surface area contributed by atoms with Gasteiger partial charge in [-0.25, -0.2) is 0 Å². The molecule has 1 aliphatic carbocycles. The minimum absolute atomic E-state index is 0.0657. The zero-order valence-electron chi connectivity index (χ0n) is 14.3. The monoisotopic (exact) mass is 340 g/mol. The van der Waals surface area contributed by atoms with Gasteiger partial charge in [-0.05, 0) is 54.7 Å². The molecule has 0 aromatic heterocycles. The number of nitro benzene ring substituents is 1. The van der Waals surface area contributed by atoms with Gasteiger partial charge < -0.3 is 9.64 Å². The van der Waals surface area contributed by atoms with Crippen molar-refractivity contribution >= 4 is 11.6 Å². The summed E-state index contributed by atoms with van der Waals surface area (Å²) in [5.74, 6) is 0.588. The number of nitrogens with zero attached hydrogens (tertiary/aromatic N) is 2. The van der Waals surface area contributed by atoms with E-state index in [4.69, 9.17) is 4.74 Å². The van der Waals surface area contributed by atoms with Crippen molar-refractivity contribution in [1.82, 2.24) is 4.90 Å². The lowest BCUT2D eigenvalue weighted by Gasteiger charge is -2.33. The highest BCUT2D eigenvalue weighted by atomic mass is 16.6. The van der Waals surface area contributed by atoms with Crippen LogP contribution in [0.5, 0.6) is 5.75 Å². The second kappa shape index (κ2) is 6.93. The molecule has 0 bridgehead atoms. The van der Waals surface area contributed by atoms with Gasteiger partial charge in [0.25, 0.3) is 11.6 Å². The third-order valence-electron chi connectivity index (χ3n) is 4.75. The number of rotatable bonds is 4. The van der Waals surface area contributed by atoms with Crippen LogP contribution in [-0.2, 0) is 6.42 Å². The number of aryl methyl sites for hydroxylation is 1. The molecule has 0 fully saturated rings. The minimum atomic E-state index is -0.392. The Labute approximate surface area is 146 Å². The number of fused-ring (bicyclic) bond motifs is 1. The maximum Gasteiger partial charge on any atom is 0.269 e. The second-order valence-electron chi connectivity index (χ2n) is 6.19. The Balaban J connectivity index is 1.90. The van der Waals surface area contributed by atoms with Crippen LogP contribution in [0.25, 0.3) is 0 Å². The maximum atomic E-state index is 12.8. The van der Waals surface area contributed by atoms with Crippen molar-refractivity contribution in [3.05, 3.63) is 69.3 Å². The maximum absolute atomic E-state index is 12.8. The molecule has 0 heterocycles. The lowest BCUT2D eigenvalue weighted by molar-refractivity contribution is -0.385. The summed E-state index contributed by atoms with van der Waals surface area (Å²) in [7, 11) is 3.33. The Bertz CT molecular complexity index is 802. The zero-order valence-corrected chi connectivity index (χ0v) is 14.3. The normalized spacial score (nSPS) is 16.0. The predicted octanol–water partition coefficient (Wildman–Crippen LogP) is 3.75. The Hall–Kier alpha value is -2.89. The molecule has 3 rings (SSSR count). The Morgan fingerprint density at radius 1 is 1.24 bits per heavy atom. The molecule has 130 valence electrons. The molecule has 0 saturated carbocycles. The third-order valence-corrected chi connectivity index (χ3v) is 4.75. The van der Waals surface area contributed by atoms with E-state index in [0.717, 1.165) is 30.4 Å². The van der Waals surface area contributed by atoms with Gasteiger partial charge in [0.2, 0.25) is 0 Å². The first-order chi connectivity index (χ1) is 12.0. The lowest BCUT2D eigenvalue weighted by Crippen LogP contribution is -2.33. The number of carbonyl (C=O) groups excluding carboxylic acids is 1. The number of hydrogen-bond donors (Lipinski definition) is 0. The van der Waals surface area contributed by atoms with Crippen LogP contribution in [0.2, 0.25) is 0 Å². The van der Waals surface area contributed by atoms with E-state index in [0.29, 0.717) is 11.3 Å². The van der Waals surface area contributed by atoms with Gasteiger partial charge in [-0.1, -0.05) is 6.07 Å². The number of hydrogen-bond acceptors (Lipinski definition) is 4. The van der Waals surface area contributed by atoms with Gasteiger partial charge >= 0.3 is 0 Å². The van der Waals surface area contributed by atoms with Crippen molar-refractivity contribution in [3.8, 4) is 5.75 Å². The molecule has 1 atom stereocenters. The summed E-state index contributed by atoms with van der Waals surface area (Å²) in [6, 6.07) is 11.8. The van der Waals surface area contributed by atoms with Crippen LogP contribution in [0.1, 0.15) is 40.4 Å². The summed E-state index contributed by atoms with van der Waals surface area (Å²) in [6.45, 7) is 0. The first kappa shape index (κ1) is 17.0. The van der Waals surface area contributed by atoms with Gasteiger partial charge in [-0.3, -0.25) is 14.9 Å². The molecule has 0 aliphatic heterocycles. The number of amides is 1. The molecule has 1 aliphatic rings. The van der Waals surface area contributed by atoms with E-state index in [1.54, 1.807) is 49.4 Å². The smallest absolute Gasteiger partial charge is 0.269 e. The Kier molecular flexibility index (Phi) is 4.70. The number of non-ortho nitro benzene ring substituents is 1. The molecule has 0 radical (unpaired) electrons. The van der Waals surface area contributed by atoms with Gasteiger partial charge in [0.15, 0.2) is 0 Å². The molecule has 6 nitrogen and oxygen atoms in total. The highest BCUT2D eigenvalue weighted by Crippen LogP contribution is 2.36. The van der Waals surface area contributed by atoms with Gasteiger partial charge in [0, 0.05) is 24.7 Å². The van der Waals surface area contributed by atoms with E-state index < -0.39 is 4.92 Å². The van der Waals surface area contributed by atoms with Crippen LogP contribution >= 0.6 is 0 Å². The summed E-state index contributed by atoms with van der Waals surface area (Å²) in [6.07, 6.45) is 2.64. The molecule has 0 saturated heterocycles. The summed E-state index contributed by atoms with van der Waals surface area (Å²) in [4.78, 5) is 25.2. The topological polar surface area (TPSA) is 72.7 Å². The quantitative estimate of drug-likeness (QED) is 0.627. The number of carbonyl (C=O) groups is 1. The Morgan fingerprint density at radius 3 is 2.60 bits per heavy atom. The van der Waals surface area contributed by atoms with Crippen LogP contribution in [-0.4, -0.2) is 29.9 Å². The fraction of sp³-hybridized carbons (Fsp3) is 0.316. The van der Waals surface area contributed by atoms with E-state index in [2.05, 4.69) is 0 Å². The van der Waals surface area contributed by atoms with Crippen molar-refractivity contribution in [2.75, 3.05) is 14.2 Å². The Morgan fingerprint density at radius 2 is 1.96 bits per heavy atom. The van der Waals surface area contributed by atoms with Crippen LogP contribution in [0.4, 0.5) is 5.69 Å². The SMILES string of the molecule is COc1ccc(C(=O)N(C)C2CCCc3ccc([N+](=O)[O-])cc32)cc1. The number of ether oxygens (including phenoxy) is 1. The molecule has 0 N–H and O–H groups in total. The average Bonchev–Trinajstić information content (AvgIpc) is 2.66. The molecule has 6 heteroatoms. The van der Waals surface area contributed by atoms with Crippen molar-refractivity contribution in [2.24, 2.45) is 0 Å². The first-order valence-electron chi connectivity index (χ1n) is 8.19. The minimum Gasteiger partial charge on any atom is -0.497 e. The molecule has 1 amide bonds. The molecule has 2 aromatic carbocycles. The molecule has 1 unspecified atom stereocenters. The van der Waals surface area contributed by atoms with E-state index >= 15 is 0 Å². The van der Waals surface area contributed by atoms with Gasteiger partial charge in [0.05, 0.1) is 18.1 Å². The fourth-order valence-electron chi connectivity index (χ4n) is 3.36. The summed E-state index contributed by atoms with van der Waals surface area (Å²) >= 11 is 0. The van der Waals surface area contributed by atoms with Crippen molar-refractivity contribution in [1.29, 1.82) is 0 Å². The summed E-state index contributed by atoms with van der Waals surface area (Å²) in [5.41, 5.74) is 2.60. The molecular formula is C19H20N2O4. The number of benzene rings is 2. The third kappa shape index (κ3) is 3.33. The number of methoxy groups -OCH3 is 1. The van der Waals surface area contributed by atoms with Crippen LogP contribution < -0.4 is 4.74 Å². The van der Waals surface area contributed by atoms with Gasteiger partial charge in [0.1, 0.15) is 5.75 Å². The largest absolute Gasteiger partial charge is 0.497 e. The molecule has 25 heavy (non-hydrogen) atoms. The van der Waals surface area contributed by atoms with Crippen molar-refractivity contribution in [3.63, 3.8) is 0 Å². The van der Waals surface area contributed by atoms with E-state index in [1.165, 1.54) is 6.07 Å². The van der Waals surface area contributed by atoms with Gasteiger partial charge in [-0.15, -0.1) is 0 Å². The van der Waals surface area contributed by atoms with Gasteiger partial charge in [-0.2, -0.15) is 0 Å². The molecule has 2 aromatic rings. The van der Waals surface area contributed by atoms with Crippen molar-refractivity contribution < 1.29 is 14.5 Å². The fourth-order valence-corrected chi connectivity index (χ4v) is 3.36. The highest BCUT2D eigenvalue weighted by molar-refractivity contribution is 5.94. The molecular weight excluding hydrogens is 320 g/mol. The average molecular weight is 340 g/mol. The summed E-state index contributed by atoms with van der Waals surface area (Å²) < 4.78 is 5.12. The van der Waals surface area contributed by atoms with E-state index in [-0.39, 0.29) is 17.6 Å². The van der Waals surface area contributed by atoms with Crippen molar-refractivity contribution in [2.45, 2.75) is 25.3 Å². The first-order valence-corrected chi connectivity index (χ1v) is 8.19. The molecule has 0 spiro atoms. The van der Waals surface area contributed by atoms with Crippen LogP contribution in [0.3, 0.4) is 0 Å². The van der Waals surface area contributed by atoms with Crippen LogP contribution in [0.15, 0.2) is 42.5 Å². The van der Waals surface area contributed by atoms with E-state index in [1.807, 2.05) is 6.07 Å². The van der Waals surface area contributed by atoms with Crippen LogP contribution in [0, 0.1) is 10.1 Å². The predicted molar refractivity (Wildman–Crippen MR) is 93.9 cm³/mol. The summed E-state index contributed by atoms with van der Waals surface area (Å²) in [5, 5.41) is 11.1. The zero-order chi connectivity index (χ0) is 18.0. The second-order valence-corrected chi connectivity index (χ2v) is 6.19. The lowest BCUT2D eigenvalue weighted by atomic mass is 9.86. The van der Waals surface area contributed by atoms with E-state index in [9.17, 15) is 14.9 Å². The number of nitro groups is 1. The highest BCUT2D eigenvalue weighted by Gasteiger charge is 2.28.